The number of guanidine groups is 1. The van der Waals surface area contributed by atoms with E-state index in [2.05, 4.69) is 39.5 Å². The molecule has 0 aromatic heterocycles. The smallest absolute Gasteiger partial charge is 0.189 e. The average Bonchev–Trinajstić information content (AvgIpc) is 2.77. The van der Waals surface area contributed by atoms with Gasteiger partial charge in [0.25, 0.3) is 0 Å². The molecule has 1 aliphatic rings. The van der Waals surface area contributed by atoms with Crippen LogP contribution in [-0.4, -0.2) is 51.4 Å². The number of nitrogens with two attached hydrogens (primary N) is 1. The molecule has 1 aliphatic heterocycles. The van der Waals surface area contributed by atoms with Crippen LogP contribution in [0.1, 0.15) is 16.7 Å². The van der Waals surface area contributed by atoms with E-state index in [1.54, 1.807) is 14.2 Å². The monoisotopic (exact) mass is 398 g/mol. The van der Waals surface area contributed by atoms with Gasteiger partial charge in [0, 0.05) is 26.2 Å². The maximum absolute atomic E-state index is 6.01. The van der Waals surface area contributed by atoms with Crippen LogP contribution in [0.3, 0.4) is 0 Å². The number of ether oxygens (including phenoxy) is 3. The first-order valence-corrected chi connectivity index (χ1v) is 9.80. The highest BCUT2D eigenvalue weighted by Crippen LogP contribution is 2.27. The fourth-order valence-corrected chi connectivity index (χ4v) is 3.18. The first kappa shape index (κ1) is 21.0. The second-order valence-corrected chi connectivity index (χ2v) is 6.95. The van der Waals surface area contributed by atoms with E-state index in [9.17, 15) is 0 Å². The Balaban J connectivity index is 1.47. The second-order valence-electron chi connectivity index (χ2n) is 6.95. The molecule has 0 atom stereocenters. The van der Waals surface area contributed by atoms with Crippen LogP contribution >= 0.6 is 0 Å². The first-order valence-electron chi connectivity index (χ1n) is 9.80. The average molecular weight is 399 g/mol. The molecule has 0 radical (unpaired) electrons. The molecule has 29 heavy (non-hydrogen) atoms. The number of aliphatic imine (C=N–C) groups is 1. The molecular weight excluding hydrogens is 368 g/mol. The standard InChI is InChI=1S/C22H30N4O3/c1-27-20-8-7-19(13-21(20)28-2)15-25-22(23)24-14-17-3-5-18(6-4-17)16-26-9-11-29-12-10-26/h3-8,13H,9-12,14-16H2,1-2H3,(H3,23,24,25). The molecule has 1 saturated heterocycles. The molecule has 2 aromatic carbocycles. The molecule has 7 heteroatoms. The third-order valence-electron chi connectivity index (χ3n) is 4.89. The van der Waals surface area contributed by atoms with Gasteiger partial charge in [-0.05, 0) is 28.8 Å². The fourth-order valence-electron chi connectivity index (χ4n) is 3.18. The van der Waals surface area contributed by atoms with Gasteiger partial charge in [-0.25, -0.2) is 4.99 Å². The van der Waals surface area contributed by atoms with E-state index in [-0.39, 0.29) is 0 Å². The summed E-state index contributed by atoms with van der Waals surface area (Å²) in [6.07, 6.45) is 0. The summed E-state index contributed by atoms with van der Waals surface area (Å²) in [6, 6.07) is 14.3. The van der Waals surface area contributed by atoms with E-state index >= 15 is 0 Å². The predicted molar refractivity (Wildman–Crippen MR) is 114 cm³/mol. The van der Waals surface area contributed by atoms with E-state index in [4.69, 9.17) is 19.9 Å². The number of rotatable bonds is 8. The molecule has 0 amide bonds. The highest BCUT2D eigenvalue weighted by molar-refractivity contribution is 5.77. The van der Waals surface area contributed by atoms with Gasteiger partial charge in [-0.3, -0.25) is 4.90 Å². The van der Waals surface area contributed by atoms with Gasteiger partial charge in [0.15, 0.2) is 17.5 Å². The van der Waals surface area contributed by atoms with Crippen molar-refractivity contribution >= 4 is 5.96 Å². The van der Waals surface area contributed by atoms with Crippen molar-refractivity contribution in [1.29, 1.82) is 0 Å². The van der Waals surface area contributed by atoms with Crippen molar-refractivity contribution in [2.24, 2.45) is 10.7 Å². The van der Waals surface area contributed by atoms with Gasteiger partial charge >= 0.3 is 0 Å². The van der Waals surface area contributed by atoms with Crippen LogP contribution in [-0.2, 0) is 24.4 Å². The van der Waals surface area contributed by atoms with Crippen LogP contribution in [0.25, 0.3) is 0 Å². The largest absolute Gasteiger partial charge is 0.493 e. The number of morpholine rings is 1. The molecular formula is C22H30N4O3. The SMILES string of the molecule is COc1ccc(CN=C(N)NCc2ccc(CN3CCOCC3)cc2)cc1OC. The molecule has 1 fully saturated rings. The summed E-state index contributed by atoms with van der Waals surface area (Å²) in [5.74, 6) is 1.80. The summed E-state index contributed by atoms with van der Waals surface area (Å²) in [5, 5.41) is 3.17. The van der Waals surface area contributed by atoms with Crippen LogP contribution in [0, 0.1) is 0 Å². The molecule has 3 N–H and O–H groups in total. The lowest BCUT2D eigenvalue weighted by Gasteiger charge is -2.26. The van der Waals surface area contributed by atoms with Crippen LogP contribution in [0.15, 0.2) is 47.5 Å². The van der Waals surface area contributed by atoms with E-state index in [1.165, 1.54) is 11.1 Å². The molecule has 2 aromatic rings. The summed E-state index contributed by atoms with van der Waals surface area (Å²) in [4.78, 5) is 6.82. The number of methoxy groups -OCH3 is 2. The Morgan fingerprint density at radius 2 is 1.66 bits per heavy atom. The van der Waals surface area contributed by atoms with E-state index < -0.39 is 0 Å². The van der Waals surface area contributed by atoms with Crippen molar-refractivity contribution in [3.05, 3.63) is 59.2 Å². The molecule has 0 unspecified atom stereocenters. The highest BCUT2D eigenvalue weighted by atomic mass is 16.5. The third kappa shape index (κ3) is 6.37. The number of nitrogens with one attached hydrogen (secondary N) is 1. The zero-order chi connectivity index (χ0) is 20.5. The highest BCUT2D eigenvalue weighted by Gasteiger charge is 2.10. The lowest BCUT2D eigenvalue weighted by Crippen LogP contribution is -2.35. The number of nitrogens with zero attached hydrogens (tertiary/aromatic N) is 2. The van der Waals surface area contributed by atoms with Gasteiger partial charge in [-0.1, -0.05) is 30.3 Å². The zero-order valence-corrected chi connectivity index (χ0v) is 17.2. The summed E-state index contributed by atoms with van der Waals surface area (Å²) in [5.41, 5.74) is 9.49. The predicted octanol–water partition coefficient (Wildman–Crippen LogP) is 2.14. The van der Waals surface area contributed by atoms with Gasteiger partial charge in [-0.2, -0.15) is 0 Å². The number of hydrogen-bond donors (Lipinski definition) is 2. The van der Waals surface area contributed by atoms with E-state index in [0.717, 1.165) is 38.4 Å². The summed E-state index contributed by atoms with van der Waals surface area (Å²) in [6.45, 7) is 5.71. The van der Waals surface area contributed by atoms with Crippen molar-refractivity contribution in [3.63, 3.8) is 0 Å². The molecule has 7 nitrogen and oxygen atoms in total. The molecule has 0 saturated carbocycles. The maximum Gasteiger partial charge on any atom is 0.189 e. The Morgan fingerprint density at radius 1 is 1.00 bits per heavy atom. The quantitative estimate of drug-likeness (QED) is 0.524. The van der Waals surface area contributed by atoms with Crippen LogP contribution in [0.4, 0.5) is 0 Å². The molecule has 1 heterocycles. The minimum Gasteiger partial charge on any atom is -0.493 e. The van der Waals surface area contributed by atoms with E-state index in [1.807, 2.05) is 18.2 Å². The second kappa shape index (κ2) is 10.7. The van der Waals surface area contributed by atoms with Crippen LogP contribution < -0.4 is 20.5 Å². The van der Waals surface area contributed by atoms with Crippen molar-refractivity contribution in [3.8, 4) is 11.5 Å². The summed E-state index contributed by atoms with van der Waals surface area (Å²) >= 11 is 0. The number of benzene rings is 2. The molecule has 3 rings (SSSR count). The topological polar surface area (TPSA) is 81.3 Å². The van der Waals surface area contributed by atoms with Gasteiger partial charge in [0.05, 0.1) is 34.0 Å². The van der Waals surface area contributed by atoms with Gasteiger partial charge < -0.3 is 25.3 Å². The Bertz CT molecular complexity index is 802. The minimum absolute atomic E-state index is 0.414. The molecule has 0 bridgehead atoms. The molecule has 156 valence electrons. The Hall–Kier alpha value is -2.77. The lowest BCUT2D eigenvalue weighted by atomic mass is 10.1. The summed E-state index contributed by atoms with van der Waals surface area (Å²) < 4.78 is 16.0. The van der Waals surface area contributed by atoms with Crippen molar-refractivity contribution in [2.75, 3.05) is 40.5 Å². The van der Waals surface area contributed by atoms with Crippen LogP contribution in [0.2, 0.25) is 0 Å². The molecule has 0 aliphatic carbocycles. The third-order valence-corrected chi connectivity index (χ3v) is 4.89. The Labute approximate surface area is 172 Å². The van der Waals surface area contributed by atoms with Crippen molar-refractivity contribution < 1.29 is 14.2 Å². The van der Waals surface area contributed by atoms with Crippen molar-refractivity contribution in [2.45, 2.75) is 19.6 Å². The Kier molecular flexibility index (Phi) is 7.72. The maximum atomic E-state index is 6.01. The first-order chi connectivity index (χ1) is 14.2. The normalized spacial score (nSPS) is 15.2. The fraction of sp³-hybridized carbons (Fsp3) is 0.409. The summed E-state index contributed by atoms with van der Waals surface area (Å²) in [7, 11) is 3.24. The van der Waals surface area contributed by atoms with Gasteiger partial charge in [0.1, 0.15) is 0 Å². The van der Waals surface area contributed by atoms with Gasteiger partial charge in [-0.15, -0.1) is 0 Å². The molecule has 0 spiro atoms. The van der Waals surface area contributed by atoms with E-state index in [0.29, 0.717) is 30.5 Å². The van der Waals surface area contributed by atoms with Gasteiger partial charge in [0.2, 0.25) is 0 Å². The lowest BCUT2D eigenvalue weighted by molar-refractivity contribution is 0.0342. The minimum atomic E-state index is 0.414. The Morgan fingerprint density at radius 3 is 2.34 bits per heavy atom. The van der Waals surface area contributed by atoms with Crippen molar-refractivity contribution in [1.82, 2.24) is 10.2 Å². The van der Waals surface area contributed by atoms with Crippen LogP contribution in [0.5, 0.6) is 11.5 Å². The number of hydrogen-bond acceptors (Lipinski definition) is 5. The zero-order valence-electron chi connectivity index (χ0n) is 17.2.